The number of carboxylic acid groups (broad SMARTS) is 2. The van der Waals surface area contributed by atoms with E-state index in [4.69, 9.17) is 10.2 Å². The fourth-order valence-corrected chi connectivity index (χ4v) is 1.05. The molecule has 0 saturated carbocycles. The highest BCUT2D eigenvalue weighted by Crippen LogP contribution is 2.03. The molecule has 0 aliphatic carbocycles. The Morgan fingerprint density at radius 1 is 1.47 bits per heavy atom. The third-order valence-electron chi connectivity index (χ3n) is 1.69. The van der Waals surface area contributed by atoms with Crippen molar-refractivity contribution in [3.05, 3.63) is 0 Å². The SMILES string of the molecule is CNCC(=O)O.O.O=C(O)[C@@H]1CCCN1. The second kappa shape index (κ2) is 9.38. The number of rotatable bonds is 3. The molecular weight excluding hydrogens is 204 g/mol. The highest BCUT2D eigenvalue weighted by Gasteiger charge is 2.20. The molecule has 0 unspecified atom stereocenters. The summed E-state index contributed by atoms with van der Waals surface area (Å²) in [6.45, 7) is 0.900. The van der Waals surface area contributed by atoms with Crippen molar-refractivity contribution in [3.8, 4) is 0 Å². The second-order valence-electron chi connectivity index (χ2n) is 2.91. The van der Waals surface area contributed by atoms with E-state index in [1.807, 2.05) is 0 Å². The molecule has 0 amide bonds. The van der Waals surface area contributed by atoms with E-state index < -0.39 is 11.9 Å². The summed E-state index contributed by atoms with van der Waals surface area (Å²) in [6, 6.07) is -0.269. The third-order valence-corrected chi connectivity index (χ3v) is 1.69. The minimum absolute atomic E-state index is 0. The first-order valence-electron chi connectivity index (χ1n) is 4.40. The minimum Gasteiger partial charge on any atom is -0.480 e. The number of hydrogen-bond donors (Lipinski definition) is 4. The molecule has 7 heteroatoms. The highest BCUT2D eigenvalue weighted by molar-refractivity contribution is 5.73. The summed E-state index contributed by atoms with van der Waals surface area (Å²) in [5.41, 5.74) is 0. The zero-order valence-corrected chi connectivity index (χ0v) is 8.62. The smallest absolute Gasteiger partial charge is 0.320 e. The predicted octanol–water partition coefficient (Wildman–Crippen LogP) is -1.71. The molecule has 1 heterocycles. The van der Waals surface area contributed by atoms with E-state index in [1.54, 1.807) is 7.05 Å². The average Bonchev–Trinajstić information content (AvgIpc) is 2.56. The van der Waals surface area contributed by atoms with Crippen LogP contribution in [0.1, 0.15) is 12.8 Å². The van der Waals surface area contributed by atoms with Crippen LogP contribution in [0.4, 0.5) is 0 Å². The fourth-order valence-electron chi connectivity index (χ4n) is 1.05. The standard InChI is InChI=1S/C5H9NO2.C3H7NO2.H2O/c7-5(8)4-2-1-3-6-4;1-4-2-3(5)6;/h4,6H,1-3H2,(H,7,8);4H,2H2,1H3,(H,5,6);1H2/t4-;;/m0../s1. The predicted molar refractivity (Wildman–Crippen MR) is 53.8 cm³/mol. The molecule has 1 fully saturated rings. The molecule has 0 aromatic rings. The lowest BCUT2D eigenvalue weighted by molar-refractivity contribution is -0.139. The molecule has 1 rings (SSSR count). The lowest BCUT2D eigenvalue weighted by Crippen LogP contribution is -2.29. The molecule has 0 radical (unpaired) electrons. The van der Waals surface area contributed by atoms with Crippen molar-refractivity contribution in [2.75, 3.05) is 20.1 Å². The van der Waals surface area contributed by atoms with Crippen LogP contribution in [-0.4, -0.2) is 53.8 Å². The fraction of sp³-hybridized carbons (Fsp3) is 0.750. The van der Waals surface area contributed by atoms with Gasteiger partial charge >= 0.3 is 11.9 Å². The second-order valence-corrected chi connectivity index (χ2v) is 2.91. The lowest BCUT2D eigenvalue weighted by Gasteiger charge is -1.99. The molecule has 1 aliphatic heterocycles. The van der Waals surface area contributed by atoms with Crippen molar-refractivity contribution in [1.82, 2.24) is 10.6 Å². The van der Waals surface area contributed by atoms with Gasteiger partial charge in [0, 0.05) is 0 Å². The van der Waals surface area contributed by atoms with Crippen LogP contribution in [0.3, 0.4) is 0 Å². The molecule has 0 spiro atoms. The van der Waals surface area contributed by atoms with Gasteiger partial charge in [0.05, 0.1) is 6.54 Å². The Labute approximate surface area is 87.8 Å². The molecule has 0 aromatic carbocycles. The zero-order chi connectivity index (χ0) is 11.0. The van der Waals surface area contributed by atoms with Crippen LogP contribution < -0.4 is 10.6 Å². The van der Waals surface area contributed by atoms with Crippen LogP contribution in [-0.2, 0) is 9.59 Å². The van der Waals surface area contributed by atoms with E-state index in [2.05, 4.69) is 10.6 Å². The molecule has 0 bridgehead atoms. The number of aliphatic carboxylic acids is 2. The van der Waals surface area contributed by atoms with Gasteiger partial charge in [0.15, 0.2) is 0 Å². The molecule has 90 valence electrons. The van der Waals surface area contributed by atoms with Gasteiger partial charge < -0.3 is 26.3 Å². The van der Waals surface area contributed by atoms with E-state index in [0.717, 1.165) is 19.4 Å². The van der Waals surface area contributed by atoms with Crippen LogP contribution in [0.25, 0.3) is 0 Å². The zero-order valence-electron chi connectivity index (χ0n) is 8.62. The van der Waals surface area contributed by atoms with E-state index in [1.165, 1.54) is 0 Å². The van der Waals surface area contributed by atoms with Crippen LogP contribution in [0.15, 0.2) is 0 Å². The molecule has 15 heavy (non-hydrogen) atoms. The number of carbonyl (C=O) groups is 2. The van der Waals surface area contributed by atoms with Crippen molar-refractivity contribution in [2.45, 2.75) is 18.9 Å². The average molecular weight is 222 g/mol. The summed E-state index contributed by atoms with van der Waals surface area (Å²) < 4.78 is 0. The van der Waals surface area contributed by atoms with Gasteiger partial charge in [0.25, 0.3) is 0 Å². The highest BCUT2D eigenvalue weighted by atomic mass is 16.4. The molecule has 1 aliphatic rings. The molecule has 7 nitrogen and oxygen atoms in total. The lowest BCUT2D eigenvalue weighted by atomic mass is 10.2. The van der Waals surface area contributed by atoms with Gasteiger partial charge in [0.2, 0.25) is 0 Å². The number of likely N-dealkylation sites (N-methyl/N-ethyl adjacent to an activating group) is 1. The van der Waals surface area contributed by atoms with Crippen LogP contribution in [0.2, 0.25) is 0 Å². The summed E-state index contributed by atoms with van der Waals surface area (Å²) in [7, 11) is 1.59. The first-order valence-corrected chi connectivity index (χ1v) is 4.40. The summed E-state index contributed by atoms with van der Waals surface area (Å²) >= 11 is 0. The molecular formula is C8H18N2O5. The Hall–Kier alpha value is -1.18. The van der Waals surface area contributed by atoms with Crippen LogP contribution >= 0.6 is 0 Å². The van der Waals surface area contributed by atoms with Crippen molar-refractivity contribution in [3.63, 3.8) is 0 Å². The molecule has 1 saturated heterocycles. The largest absolute Gasteiger partial charge is 0.480 e. The van der Waals surface area contributed by atoms with Gasteiger partial charge in [-0.1, -0.05) is 0 Å². The van der Waals surface area contributed by atoms with Gasteiger partial charge in [-0.2, -0.15) is 0 Å². The van der Waals surface area contributed by atoms with Gasteiger partial charge in [-0.15, -0.1) is 0 Å². The van der Waals surface area contributed by atoms with Crippen molar-refractivity contribution >= 4 is 11.9 Å². The van der Waals surface area contributed by atoms with Crippen molar-refractivity contribution < 1.29 is 25.3 Å². The molecule has 6 N–H and O–H groups in total. The first-order chi connectivity index (χ1) is 6.57. The van der Waals surface area contributed by atoms with Gasteiger partial charge in [-0.25, -0.2) is 0 Å². The van der Waals surface area contributed by atoms with E-state index in [9.17, 15) is 9.59 Å². The number of carboxylic acids is 2. The van der Waals surface area contributed by atoms with E-state index >= 15 is 0 Å². The topological polar surface area (TPSA) is 130 Å². The summed E-state index contributed by atoms with van der Waals surface area (Å²) in [4.78, 5) is 19.7. The van der Waals surface area contributed by atoms with Crippen molar-refractivity contribution in [1.29, 1.82) is 0 Å². The Morgan fingerprint density at radius 2 is 2.07 bits per heavy atom. The normalized spacial score (nSPS) is 18.3. The molecule has 0 aromatic heterocycles. The summed E-state index contributed by atoms with van der Waals surface area (Å²) in [5, 5.41) is 21.5. The van der Waals surface area contributed by atoms with Crippen LogP contribution in [0.5, 0.6) is 0 Å². The maximum atomic E-state index is 10.1. The van der Waals surface area contributed by atoms with Crippen LogP contribution in [0, 0.1) is 0 Å². The van der Waals surface area contributed by atoms with Crippen molar-refractivity contribution in [2.24, 2.45) is 0 Å². The quantitative estimate of drug-likeness (QED) is 0.449. The molecule has 1 atom stereocenters. The summed E-state index contributed by atoms with van der Waals surface area (Å²) in [6.07, 6.45) is 1.78. The van der Waals surface area contributed by atoms with E-state index in [-0.39, 0.29) is 18.1 Å². The maximum absolute atomic E-state index is 10.1. The maximum Gasteiger partial charge on any atom is 0.320 e. The first kappa shape index (κ1) is 16.3. The Kier molecular flexibility index (Phi) is 10.2. The van der Waals surface area contributed by atoms with Gasteiger partial charge in [0.1, 0.15) is 6.04 Å². The number of nitrogens with one attached hydrogen (secondary N) is 2. The Morgan fingerprint density at radius 3 is 2.20 bits per heavy atom. The Bertz CT molecular complexity index is 191. The number of hydrogen-bond acceptors (Lipinski definition) is 4. The third kappa shape index (κ3) is 9.13. The van der Waals surface area contributed by atoms with Gasteiger partial charge in [-0.3, -0.25) is 9.59 Å². The summed E-state index contributed by atoms with van der Waals surface area (Å²) in [5.74, 6) is -1.54. The Balaban J connectivity index is 0. The minimum atomic E-state index is -0.822. The van der Waals surface area contributed by atoms with Gasteiger partial charge in [-0.05, 0) is 26.4 Å². The monoisotopic (exact) mass is 222 g/mol. The van der Waals surface area contributed by atoms with E-state index in [0.29, 0.717) is 0 Å².